The maximum Gasteiger partial charge on any atom is 0.331 e. The Kier molecular flexibility index (Phi) is 5.60. The summed E-state index contributed by atoms with van der Waals surface area (Å²) < 4.78 is 4.96. The molecule has 0 aromatic carbocycles. The van der Waals surface area contributed by atoms with Crippen molar-refractivity contribution in [1.29, 1.82) is 0 Å². The second-order valence-electron chi connectivity index (χ2n) is 3.20. The van der Waals surface area contributed by atoms with Gasteiger partial charge >= 0.3 is 11.9 Å². The lowest BCUT2D eigenvalue weighted by molar-refractivity contribution is -0.145. The number of ether oxygens (including phenoxy) is 1. The Morgan fingerprint density at radius 1 is 1.36 bits per heavy atom. The third-order valence-electron chi connectivity index (χ3n) is 2.11. The fourth-order valence-electron chi connectivity index (χ4n) is 0.810. The molecule has 14 heavy (non-hydrogen) atoms. The molecule has 80 valence electrons. The summed E-state index contributed by atoms with van der Waals surface area (Å²) in [7, 11) is 0. The van der Waals surface area contributed by atoms with E-state index in [1.54, 1.807) is 6.92 Å². The van der Waals surface area contributed by atoms with Crippen LogP contribution in [-0.2, 0) is 14.3 Å². The SMILES string of the molecule is CCC(C)C(C)OC(=O)/C=C/C(=O)O. The molecule has 2 atom stereocenters. The number of aliphatic carboxylic acids is 1. The summed E-state index contributed by atoms with van der Waals surface area (Å²) in [5.74, 6) is -1.49. The van der Waals surface area contributed by atoms with Gasteiger partial charge in [-0.3, -0.25) is 0 Å². The topological polar surface area (TPSA) is 63.6 Å². The molecule has 0 fully saturated rings. The van der Waals surface area contributed by atoms with Gasteiger partial charge in [-0.1, -0.05) is 20.3 Å². The largest absolute Gasteiger partial charge is 0.478 e. The molecule has 0 aromatic heterocycles. The third kappa shape index (κ3) is 5.35. The van der Waals surface area contributed by atoms with E-state index in [1.807, 2.05) is 13.8 Å². The summed E-state index contributed by atoms with van der Waals surface area (Å²) in [5, 5.41) is 8.26. The zero-order valence-corrected chi connectivity index (χ0v) is 8.69. The van der Waals surface area contributed by atoms with Crippen LogP contribution in [-0.4, -0.2) is 23.1 Å². The van der Waals surface area contributed by atoms with Gasteiger partial charge in [0.2, 0.25) is 0 Å². The molecule has 0 heterocycles. The van der Waals surface area contributed by atoms with E-state index in [1.165, 1.54) is 0 Å². The van der Waals surface area contributed by atoms with E-state index < -0.39 is 11.9 Å². The van der Waals surface area contributed by atoms with Crippen LogP contribution in [0.25, 0.3) is 0 Å². The van der Waals surface area contributed by atoms with E-state index in [4.69, 9.17) is 9.84 Å². The number of rotatable bonds is 5. The molecule has 4 heteroatoms. The maximum atomic E-state index is 11.0. The number of carboxylic acids is 1. The van der Waals surface area contributed by atoms with Crippen molar-refractivity contribution in [3.63, 3.8) is 0 Å². The number of carboxylic acid groups (broad SMARTS) is 1. The molecule has 2 unspecified atom stereocenters. The fourth-order valence-corrected chi connectivity index (χ4v) is 0.810. The first-order valence-corrected chi connectivity index (χ1v) is 4.59. The van der Waals surface area contributed by atoms with Crippen LogP contribution < -0.4 is 0 Å². The van der Waals surface area contributed by atoms with Gasteiger partial charge in [-0.2, -0.15) is 0 Å². The summed E-state index contributed by atoms with van der Waals surface area (Å²) in [6, 6.07) is 0. The number of esters is 1. The van der Waals surface area contributed by atoms with E-state index in [9.17, 15) is 9.59 Å². The molecule has 0 saturated carbocycles. The molecule has 0 spiro atoms. The lowest BCUT2D eigenvalue weighted by Gasteiger charge is -2.17. The molecule has 0 saturated heterocycles. The van der Waals surface area contributed by atoms with Crippen LogP contribution in [0.5, 0.6) is 0 Å². The van der Waals surface area contributed by atoms with Crippen molar-refractivity contribution in [2.45, 2.75) is 33.3 Å². The molecule has 0 aliphatic carbocycles. The summed E-state index contributed by atoms with van der Waals surface area (Å²) in [4.78, 5) is 21.1. The van der Waals surface area contributed by atoms with Crippen LogP contribution in [0.2, 0.25) is 0 Å². The van der Waals surface area contributed by atoms with Crippen molar-refractivity contribution in [3.05, 3.63) is 12.2 Å². The van der Waals surface area contributed by atoms with E-state index in [0.29, 0.717) is 0 Å². The first-order valence-electron chi connectivity index (χ1n) is 4.59. The van der Waals surface area contributed by atoms with Gasteiger partial charge in [-0.15, -0.1) is 0 Å². The molecular formula is C10H16O4. The highest BCUT2D eigenvalue weighted by Crippen LogP contribution is 2.10. The summed E-state index contributed by atoms with van der Waals surface area (Å²) in [6.07, 6.45) is 2.41. The second kappa shape index (κ2) is 6.18. The van der Waals surface area contributed by atoms with Crippen LogP contribution in [0.1, 0.15) is 27.2 Å². The predicted molar refractivity (Wildman–Crippen MR) is 51.8 cm³/mol. The molecule has 1 N–H and O–H groups in total. The molecule has 0 radical (unpaired) electrons. The quantitative estimate of drug-likeness (QED) is 0.541. The second-order valence-corrected chi connectivity index (χ2v) is 3.20. The average molecular weight is 200 g/mol. The minimum atomic E-state index is -1.15. The van der Waals surface area contributed by atoms with Gasteiger partial charge in [0.15, 0.2) is 0 Å². The van der Waals surface area contributed by atoms with Crippen molar-refractivity contribution in [2.24, 2.45) is 5.92 Å². The van der Waals surface area contributed by atoms with Crippen molar-refractivity contribution >= 4 is 11.9 Å². The Morgan fingerprint density at radius 3 is 2.36 bits per heavy atom. The number of carbonyl (C=O) groups is 2. The highest BCUT2D eigenvalue weighted by Gasteiger charge is 2.13. The normalized spacial score (nSPS) is 15.1. The molecule has 0 aliphatic rings. The van der Waals surface area contributed by atoms with Crippen LogP contribution in [0.4, 0.5) is 0 Å². The third-order valence-corrected chi connectivity index (χ3v) is 2.11. The number of carbonyl (C=O) groups excluding carboxylic acids is 1. The van der Waals surface area contributed by atoms with E-state index in [-0.39, 0.29) is 12.0 Å². The zero-order valence-electron chi connectivity index (χ0n) is 8.69. The minimum absolute atomic E-state index is 0.189. The number of hydrogen-bond acceptors (Lipinski definition) is 3. The van der Waals surface area contributed by atoms with Gasteiger partial charge in [-0.05, 0) is 12.8 Å². The fraction of sp³-hybridized carbons (Fsp3) is 0.600. The van der Waals surface area contributed by atoms with Crippen molar-refractivity contribution < 1.29 is 19.4 Å². The van der Waals surface area contributed by atoms with Crippen LogP contribution in [0.3, 0.4) is 0 Å². The minimum Gasteiger partial charge on any atom is -0.478 e. The van der Waals surface area contributed by atoms with Crippen molar-refractivity contribution in [1.82, 2.24) is 0 Å². The number of hydrogen-bond donors (Lipinski definition) is 1. The van der Waals surface area contributed by atoms with Gasteiger partial charge in [-0.25, -0.2) is 9.59 Å². The monoisotopic (exact) mass is 200 g/mol. The van der Waals surface area contributed by atoms with Gasteiger partial charge < -0.3 is 9.84 Å². The lowest BCUT2D eigenvalue weighted by Crippen LogP contribution is -2.20. The smallest absolute Gasteiger partial charge is 0.331 e. The molecule has 0 amide bonds. The van der Waals surface area contributed by atoms with Crippen molar-refractivity contribution in [3.8, 4) is 0 Å². The molecule has 0 aliphatic heterocycles. The molecule has 0 aromatic rings. The zero-order chi connectivity index (χ0) is 11.1. The maximum absolute atomic E-state index is 11.0. The Balaban J connectivity index is 4.00. The predicted octanol–water partition coefficient (Wildman–Crippen LogP) is 1.60. The molecule has 0 rings (SSSR count). The van der Waals surface area contributed by atoms with Crippen molar-refractivity contribution in [2.75, 3.05) is 0 Å². The Morgan fingerprint density at radius 2 is 1.93 bits per heavy atom. The van der Waals surface area contributed by atoms with E-state index in [0.717, 1.165) is 18.6 Å². The average Bonchev–Trinajstić information content (AvgIpc) is 2.13. The Hall–Kier alpha value is -1.32. The summed E-state index contributed by atoms with van der Waals surface area (Å²) in [6.45, 7) is 5.77. The van der Waals surface area contributed by atoms with Crippen LogP contribution in [0, 0.1) is 5.92 Å². The molecule has 4 nitrogen and oxygen atoms in total. The van der Waals surface area contributed by atoms with Crippen LogP contribution >= 0.6 is 0 Å². The van der Waals surface area contributed by atoms with Gasteiger partial charge in [0.1, 0.15) is 6.10 Å². The molecule has 0 bridgehead atoms. The highest BCUT2D eigenvalue weighted by molar-refractivity contribution is 5.90. The Bertz CT molecular complexity index is 232. The standard InChI is InChI=1S/C10H16O4/c1-4-7(2)8(3)14-10(13)6-5-9(11)12/h5-8H,4H2,1-3H3,(H,11,12)/b6-5+. The molecular weight excluding hydrogens is 184 g/mol. The first-order chi connectivity index (χ1) is 6.47. The Labute approximate surface area is 83.6 Å². The highest BCUT2D eigenvalue weighted by atomic mass is 16.5. The summed E-state index contributed by atoms with van der Waals surface area (Å²) in [5.41, 5.74) is 0. The van der Waals surface area contributed by atoms with Gasteiger partial charge in [0, 0.05) is 12.2 Å². The van der Waals surface area contributed by atoms with E-state index in [2.05, 4.69) is 0 Å². The first kappa shape index (κ1) is 12.7. The summed E-state index contributed by atoms with van der Waals surface area (Å²) >= 11 is 0. The van der Waals surface area contributed by atoms with Crippen LogP contribution in [0.15, 0.2) is 12.2 Å². The van der Waals surface area contributed by atoms with E-state index >= 15 is 0 Å². The van der Waals surface area contributed by atoms with Gasteiger partial charge in [0.05, 0.1) is 0 Å². The lowest BCUT2D eigenvalue weighted by atomic mass is 10.0. The van der Waals surface area contributed by atoms with Gasteiger partial charge in [0.25, 0.3) is 0 Å².